The first-order valence-electron chi connectivity index (χ1n) is 10.2. The molecule has 0 aliphatic carbocycles. The lowest BCUT2D eigenvalue weighted by Gasteiger charge is -2.20. The molecule has 33 heavy (non-hydrogen) atoms. The van der Waals surface area contributed by atoms with Gasteiger partial charge in [0, 0.05) is 24.0 Å². The molecule has 0 aliphatic rings. The van der Waals surface area contributed by atoms with E-state index in [0.29, 0.717) is 22.3 Å². The number of carbonyl (C=O) groups excluding carboxylic acids is 2. The summed E-state index contributed by atoms with van der Waals surface area (Å²) in [4.78, 5) is 31.3. The number of hydrogen-bond acceptors (Lipinski definition) is 7. The van der Waals surface area contributed by atoms with E-state index in [-0.39, 0.29) is 49.4 Å². The van der Waals surface area contributed by atoms with Crippen LogP contribution in [0.3, 0.4) is 0 Å². The van der Waals surface area contributed by atoms with Crippen LogP contribution in [0.5, 0.6) is 0 Å². The minimum atomic E-state index is -0.336. The van der Waals surface area contributed by atoms with Crippen molar-refractivity contribution in [3.05, 3.63) is 89.5 Å². The Morgan fingerprint density at radius 1 is 1.03 bits per heavy atom. The SMILES string of the molecule is O=C(CCN(Cc1ccco1)C(=O)c1csc(Nc2ccc(F)cc2)n1)NCc1ccco1. The van der Waals surface area contributed by atoms with Crippen molar-refractivity contribution >= 4 is 34.0 Å². The summed E-state index contributed by atoms with van der Waals surface area (Å²) in [5.41, 5.74) is 0.901. The molecule has 0 saturated carbocycles. The van der Waals surface area contributed by atoms with Crippen molar-refractivity contribution in [1.29, 1.82) is 0 Å². The van der Waals surface area contributed by atoms with Gasteiger partial charge in [0.2, 0.25) is 5.91 Å². The summed E-state index contributed by atoms with van der Waals surface area (Å²) in [7, 11) is 0. The van der Waals surface area contributed by atoms with Gasteiger partial charge in [-0.05, 0) is 48.5 Å². The lowest BCUT2D eigenvalue weighted by molar-refractivity contribution is -0.121. The zero-order valence-corrected chi connectivity index (χ0v) is 18.3. The average molecular weight is 469 g/mol. The molecule has 0 saturated heterocycles. The fourth-order valence-electron chi connectivity index (χ4n) is 3.01. The second-order valence-electron chi connectivity index (χ2n) is 7.08. The quantitative estimate of drug-likeness (QED) is 0.354. The third-order valence-electron chi connectivity index (χ3n) is 4.68. The molecule has 0 spiro atoms. The first kappa shape index (κ1) is 22.3. The molecule has 0 bridgehead atoms. The number of benzene rings is 1. The second-order valence-corrected chi connectivity index (χ2v) is 7.94. The number of anilines is 2. The summed E-state index contributed by atoms with van der Waals surface area (Å²) in [5, 5.41) is 7.96. The van der Waals surface area contributed by atoms with Gasteiger partial charge in [0.1, 0.15) is 23.0 Å². The van der Waals surface area contributed by atoms with Crippen molar-refractivity contribution < 1.29 is 22.8 Å². The number of rotatable bonds is 10. The maximum atomic E-state index is 13.1. The van der Waals surface area contributed by atoms with Crippen LogP contribution >= 0.6 is 11.3 Å². The second kappa shape index (κ2) is 10.6. The Bertz CT molecular complexity index is 1170. The van der Waals surface area contributed by atoms with E-state index in [1.165, 1.54) is 40.9 Å². The van der Waals surface area contributed by atoms with Crippen molar-refractivity contribution in [3.63, 3.8) is 0 Å². The van der Waals surface area contributed by atoms with Crippen LogP contribution < -0.4 is 10.6 Å². The van der Waals surface area contributed by atoms with E-state index < -0.39 is 0 Å². The Balaban J connectivity index is 1.39. The number of hydrogen-bond donors (Lipinski definition) is 2. The highest BCUT2D eigenvalue weighted by Crippen LogP contribution is 2.22. The van der Waals surface area contributed by atoms with Crippen LogP contribution in [0.4, 0.5) is 15.2 Å². The number of nitrogens with one attached hydrogen (secondary N) is 2. The average Bonchev–Trinajstić information content (AvgIpc) is 3.59. The molecule has 0 atom stereocenters. The van der Waals surface area contributed by atoms with Gasteiger partial charge < -0.3 is 24.4 Å². The molecule has 3 heterocycles. The molecule has 0 unspecified atom stereocenters. The Morgan fingerprint density at radius 3 is 2.45 bits per heavy atom. The number of furan rings is 2. The fourth-order valence-corrected chi connectivity index (χ4v) is 3.72. The molecule has 0 radical (unpaired) electrons. The lowest BCUT2D eigenvalue weighted by atomic mass is 10.3. The van der Waals surface area contributed by atoms with E-state index in [2.05, 4.69) is 15.6 Å². The highest BCUT2D eigenvalue weighted by atomic mass is 32.1. The first-order chi connectivity index (χ1) is 16.1. The summed E-state index contributed by atoms with van der Waals surface area (Å²) >= 11 is 1.26. The van der Waals surface area contributed by atoms with Gasteiger partial charge in [-0.1, -0.05) is 0 Å². The van der Waals surface area contributed by atoms with E-state index in [9.17, 15) is 14.0 Å². The molecule has 2 N–H and O–H groups in total. The summed E-state index contributed by atoms with van der Waals surface area (Å²) in [5.74, 6) is 0.376. The Labute approximate surface area is 193 Å². The van der Waals surface area contributed by atoms with Gasteiger partial charge >= 0.3 is 0 Å². The van der Waals surface area contributed by atoms with Crippen molar-refractivity contribution in [3.8, 4) is 0 Å². The van der Waals surface area contributed by atoms with Crippen molar-refractivity contribution in [2.24, 2.45) is 0 Å². The van der Waals surface area contributed by atoms with Gasteiger partial charge in [-0.15, -0.1) is 11.3 Å². The predicted molar refractivity (Wildman–Crippen MR) is 120 cm³/mol. The van der Waals surface area contributed by atoms with E-state index in [4.69, 9.17) is 8.83 Å². The third kappa shape index (κ3) is 6.30. The normalized spacial score (nSPS) is 10.7. The monoisotopic (exact) mass is 468 g/mol. The van der Waals surface area contributed by atoms with Crippen LogP contribution in [0.1, 0.15) is 28.4 Å². The van der Waals surface area contributed by atoms with Crippen LogP contribution in [0.2, 0.25) is 0 Å². The standard InChI is InChI=1S/C23H21FN4O4S/c24-16-5-7-17(8-6-16)26-23-27-20(15-33-23)22(30)28(14-19-4-2-12-32-19)10-9-21(29)25-13-18-3-1-11-31-18/h1-8,11-12,15H,9-10,13-14H2,(H,25,29)(H,26,27). The van der Waals surface area contributed by atoms with E-state index in [0.717, 1.165) is 0 Å². The molecule has 8 nitrogen and oxygen atoms in total. The molecule has 0 aliphatic heterocycles. The van der Waals surface area contributed by atoms with Gasteiger partial charge in [0.25, 0.3) is 5.91 Å². The van der Waals surface area contributed by atoms with Gasteiger partial charge in [-0.3, -0.25) is 9.59 Å². The van der Waals surface area contributed by atoms with Gasteiger partial charge in [0.15, 0.2) is 5.13 Å². The van der Waals surface area contributed by atoms with Crippen molar-refractivity contribution in [2.75, 3.05) is 11.9 Å². The fraction of sp³-hybridized carbons (Fsp3) is 0.174. The summed E-state index contributed by atoms with van der Waals surface area (Å²) in [6, 6.07) is 12.9. The maximum absolute atomic E-state index is 13.1. The minimum Gasteiger partial charge on any atom is -0.467 e. The zero-order valence-electron chi connectivity index (χ0n) is 17.5. The van der Waals surface area contributed by atoms with Crippen LogP contribution in [0, 0.1) is 5.82 Å². The highest BCUT2D eigenvalue weighted by Gasteiger charge is 2.21. The smallest absolute Gasteiger partial charge is 0.273 e. The van der Waals surface area contributed by atoms with Crippen molar-refractivity contribution in [2.45, 2.75) is 19.5 Å². The number of aromatic nitrogens is 1. The molecular formula is C23H21FN4O4S. The van der Waals surface area contributed by atoms with Crippen molar-refractivity contribution in [1.82, 2.24) is 15.2 Å². The van der Waals surface area contributed by atoms with Crippen LogP contribution in [0.15, 0.2) is 75.3 Å². The van der Waals surface area contributed by atoms with Crippen LogP contribution in [-0.4, -0.2) is 28.2 Å². The number of thiazole rings is 1. The Hall–Kier alpha value is -3.92. The van der Waals surface area contributed by atoms with E-state index in [1.807, 2.05) is 0 Å². The largest absolute Gasteiger partial charge is 0.467 e. The van der Waals surface area contributed by atoms with Crippen LogP contribution in [0.25, 0.3) is 0 Å². The third-order valence-corrected chi connectivity index (χ3v) is 5.44. The van der Waals surface area contributed by atoms with E-state index >= 15 is 0 Å². The first-order valence-corrected chi connectivity index (χ1v) is 11.0. The maximum Gasteiger partial charge on any atom is 0.273 e. The van der Waals surface area contributed by atoms with Gasteiger partial charge in [-0.25, -0.2) is 9.37 Å². The van der Waals surface area contributed by atoms with Gasteiger partial charge in [-0.2, -0.15) is 0 Å². The predicted octanol–water partition coefficient (Wildman–Crippen LogP) is 4.56. The molecule has 4 aromatic rings. The Kier molecular flexibility index (Phi) is 7.16. The molecular weight excluding hydrogens is 447 g/mol. The van der Waals surface area contributed by atoms with Crippen LogP contribution in [-0.2, 0) is 17.9 Å². The molecule has 0 fully saturated rings. The summed E-state index contributed by atoms with van der Waals surface area (Å²) < 4.78 is 23.7. The number of amides is 2. The molecule has 2 amide bonds. The minimum absolute atomic E-state index is 0.109. The summed E-state index contributed by atoms with van der Waals surface area (Å²) in [6.45, 7) is 0.666. The lowest BCUT2D eigenvalue weighted by Crippen LogP contribution is -2.35. The molecule has 3 aromatic heterocycles. The number of carbonyl (C=O) groups is 2. The Morgan fingerprint density at radius 2 is 1.76 bits per heavy atom. The molecule has 4 rings (SSSR count). The van der Waals surface area contributed by atoms with Gasteiger partial charge in [0.05, 0.1) is 25.6 Å². The summed E-state index contributed by atoms with van der Waals surface area (Å²) in [6.07, 6.45) is 3.18. The zero-order chi connectivity index (χ0) is 23.0. The number of halogens is 1. The molecule has 10 heteroatoms. The molecule has 1 aromatic carbocycles. The highest BCUT2D eigenvalue weighted by molar-refractivity contribution is 7.14. The topological polar surface area (TPSA) is 101 Å². The molecule has 170 valence electrons. The van der Waals surface area contributed by atoms with E-state index in [1.54, 1.807) is 41.8 Å². The number of nitrogens with zero attached hydrogens (tertiary/aromatic N) is 2.